The van der Waals surface area contributed by atoms with E-state index in [1.807, 2.05) is 13.1 Å². The van der Waals surface area contributed by atoms with Crippen molar-refractivity contribution >= 4 is 28.9 Å². The monoisotopic (exact) mass is 569 g/mol. The van der Waals surface area contributed by atoms with Gasteiger partial charge in [-0.3, -0.25) is 9.59 Å². The Morgan fingerprint density at radius 3 is 2.75 bits per heavy atom. The van der Waals surface area contributed by atoms with Crippen LogP contribution in [0.5, 0.6) is 0 Å². The van der Waals surface area contributed by atoms with Gasteiger partial charge in [-0.1, -0.05) is 31.2 Å². The molecule has 3 fully saturated rings. The van der Waals surface area contributed by atoms with Crippen molar-refractivity contribution in [2.45, 2.75) is 71.0 Å². The number of esters is 1. The van der Waals surface area contributed by atoms with Crippen LogP contribution in [-0.4, -0.2) is 60.1 Å². The predicted octanol–water partition coefficient (Wildman–Crippen LogP) is 4.11. The fraction of sp³-hybridized carbons (Fsp3) is 0.600. The van der Waals surface area contributed by atoms with Crippen molar-refractivity contribution in [1.82, 2.24) is 14.8 Å². The van der Waals surface area contributed by atoms with Gasteiger partial charge in [0.15, 0.2) is 5.60 Å². The molecule has 2 heterocycles. The number of hydrogen-bond acceptors (Lipinski definition) is 8. The standard InChI is InChI=1S/C30H36FN3O5S/c1-17(36)39-30(27(38)40-11-10-35)9-8-22-21-6-4-19-12-23-18(15-33-34(23)20-5-7-25(31)32-16-20)13-28(19,2)26(21)24(37)14-29(22,30)3/h5,7,12,15-16,21-22,24,26,35,37H,4,6,8-11,13-14H2,1-3H3/t21-,22-,24-,26+,28-,29-,30-/m0/s1. The Kier molecular flexibility index (Phi) is 6.74. The zero-order chi connectivity index (χ0) is 28.4. The minimum Gasteiger partial charge on any atom is -0.450 e. The van der Waals surface area contributed by atoms with Gasteiger partial charge in [0.1, 0.15) is 0 Å². The molecule has 214 valence electrons. The molecule has 8 nitrogen and oxygen atoms in total. The molecule has 0 saturated heterocycles. The van der Waals surface area contributed by atoms with E-state index in [1.165, 1.54) is 24.8 Å². The van der Waals surface area contributed by atoms with E-state index in [-0.39, 0.29) is 40.6 Å². The van der Waals surface area contributed by atoms with Crippen molar-refractivity contribution in [3.05, 3.63) is 47.3 Å². The maximum absolute atomic E-state index is 13.6. The Morgan fingerprint density at radius 2 is 2.05 bits per heavy atom. The molecule has 3 saturated carbocycles. The highest BCUT2D eigenvalue weighted by molar-refractivity contribution is 8.13. The summed E-state index contributed by atoms with van der Waals surface area (Å²) >= 11 is 1.02. The number of carbonyl (C=O) groups is 2. The first-order valence-electron chi connectivity index (χ1n) is 14.1. The van der Waals surface area contributed by atoms with Crippen LogP contribution in [0.25, 0.3) is 11.8 Å². The maximum atomic E-state index is 13.6. The molecule has 6 rings (SSSR count). The van der Waals surface area contributed by atoms with E-state index in [2.05, 4.69) is 23.1 Å². The van der Waals surface area contributed by atoms with Crippen LogP contribution in [0.1, 0.15) is 64.1 Å². The summed E-state index contributed by atoms with van der Waals surface area (Å²) in [7, 11) is 0. The van der Waals surface area contributed by atoms with Crippen molar-refractivity contribution in [3.8, 4) is 5.69 Å². The Hall–Kier alpha value is -2.56. The average Bonchev–Trinajstić information content (AvgIpc) is 3.43. The number of thioether (sulfide) groups is 1. The first kappa shape index (κ1) is 27.6. The molecule has 2 aromatic heterocycles. The van der Waals surface area contributed by atoms with E-state index in [1.54, 1.807) is 10.7 Å². The highest BCUT2D eigenvalue weighted by Gasteiger charge is 2.70. The van der Waals surface area contributed by atoms with E-state index in [4.69, 9.17) is 4.74 Å². The van der Waals surface area contributed by atoms with Crippen molar-refractivity contribution < 1.29 is 28.9 Å². The predicted molar refractivity (Wildman–Crippen MR) is 148 cm³/mol. The molecular formula is C30H36FN3O5S. The highest BCUT2D eigenvalue weighted by atomic mass is 32.2. The van der Waals surface area contributed by atoms with Crippen LogP contribution >= 0.6 is 11.8 Å². The molecule has 10 heteroatoms. The van der Waals surface area contributed by atoms with Crippen LogP contribution < -0.4 is 0 Å². The lowest BCUT2D eigenvalue weighted by Crippen LogP contribution is -2.62. The second-order valence-electron chi connectivity index (χ2n) is 12.4. The van der Waals surface area contributed by atoms with Gasteiger partial charge in [-0.2, -0.15) is 9.49 Å². The van der Waals surface area contributed by atoms with Crippen LogP contribution in [-0.2, 0) is 20.7 Å². The molecule has 4 aliphatic carbocycles. The number of aliphatic hydroxyl groups is 2. The number of rotatable bonds is 5. The largest absolute Gasteiger partial charge is 0.450 e. The highest BCUT2D eigenvalue weighted by Crippen LogP contribution is 2.68. The van der Waals surface area contributed by atoms with Gasteiger partial charge in [-0.25, -0.2) is 9.67 Å². The van der Waals surface area contributed by atoms with Crippen LogP contribution in [0.15, 0.2) is 30.1 Å². The van der Waals surface area contributed by atoms with Gasteiger partial charge < -0.3 is 14.9 Å². The molecule has 0 amide bonds. The lowest BCUT2D eigenvalue weighted by atomic mass is 9.45. The lowest BCUT2D eigenvalue weighted by Gasteiger charge is -2.60. The normalized spacial score (nSPS) is 36.1. The summed E-state index contributed by atoms with van der Waals surface area (Å²) in [5, 5.41) is 25.6. The average molecular weight is 570 g/mol. The van der Waals surface area contributed by atoms with Gasteiger partial charge in [0, 0.05) is 18.1 Å². The molecule has 2 aromatic rings. The zero-order valence-electron chi connectivity index (χ0n) is 23.1. The summed E-state index contributed by atoms with van der Waals surface area (Å²) in [5.74, 6) is -0.513. The van der Waals surface area contributed by atoms with E-state index >= 15 is 0 Å². The number of fused-ring (bicyclic) bond motifs is 6. The molecule has 0 spiro atoms. The van der Waals surface area contributed by atoms with Gasteiger partial charge >= 0.3 is 5.97 Å². The second kappa shape index (κ2) is 9.77. The summed E-state index contributed by atoms with van der Waals surface area (Å²) in [6.45, 7) is 5.48. The van der Waals surface area contributed by atoms with E-state index < -0.39 is 29.0 Å². The molecule has 7 atom stereocenters. The number of aliphatic hydroxyl groups excluding tert-OH is 2. The number of pyridine rings is 1. The van der Waals surface area contributed by atoms with E-state index in [0.29, 0.717) is 18.5 Å². The van der Waals surface area contributed by atoms with E-state index in [9.17, 15) is 24.2 Å². The lowest BCUT2D eigenvalue weighted by molar-refractivity contribution is -0.195. The zero-order valence-corrected chi connectivity index (χ0v) is 23.9. The molecule has 0 radical (unpaired) electrons. The minimum atomic E-state index is -1.31. The third kappa shape index (κ3) is 3.93. The summed E-state index contributed by atoms with van der Waals surface area (Å²) in [6, 6.07) is 2.99. The maximum Gasteiger partial charge on any atom is 0.303 e. The van der Waals surface area contributed by atoms with Gasteiger partial charge in [-0.05, 0) is 85.5 Å². The van der Waals surface area contributed by atoms with Crippen molar-refractivity contribution in [2.75, 3.05) is 12.4 Å². The van der Waals surface area contributed by atoms with Gasteiger partial charge in [0.2, 0.25) is 11.1 Å². The molecule has 0 unspecified atom stereocenters. The van der Waals surface area contributed by atoms with Crippen molar-refractivity contribution in [2.24, 2.45) is 28.6 Å². The molecule has 4 aliphatic rings. The summed E-state index contributed by atoms with van der Waals surface area (Å²) in [4.78, 5) is 29.7. The third-order valence-corrected chi connectivity index (χ3v) is 11.5. The van der Waals surface area contributed by atoms with Gasteiger partial charge in [0.25, 0.3) is 0 Å². The fourth-order valence-corrected chi connectivity index (χ4v) is 9.80. The first-order valence-corrected chi connectivity index (χ1v) is 15.1. The smallest absolute Gasteiger partial charge is 0.303 e. The number of hydrogen-bond donors (Lipinski definition) is 2. The molecule has 40 heavy (non-hydrogen) atoms. The molecule has 0 aliphatic heterocycles. The Balaban J connectivity index is 1.35. The third-order valence-electron chi connectivity index (χ3n) is 10.5. The van der Waals surface area contributed by atoms with E-state index in [0.717, 1.165) is 48.7 Å². The topological polar surface area (TPSA) is 115 Å². The van der Waals surface area contributed by atoms with Crippen LogP contribution in [0.3, 0.4) is 0 Å². The fourth-order valence-electron chi connectivity index (χ4n) is 8.92. The molecule has 0 bridgehead atoms. The van der Waals surface area contributed by atoms with Gasteiger partial charge in [0.05, 0.1) is 36.5 Å². The number of carbonyl (C=O) groups excluding carboxylic acids is 2. The van der Waals surface area contributed by atoms with Crippen LogP contribution in [0, 0.1) is 34.5 Å². The number of nitrogens with zero attached hydrogens (tertiary/aromatic N) is 3. The van der Waals surface area contributed by atoms with Crippen molar-refractivity contribution in [1.29, 1.82) is 0 Å². The minimum absolute atomic E-state index is 0.0112. The molecule has 2 N–H and O–H groups in total. The second-order valence-corrected chi connectivity index (χ2v) is 13.5. The quantitative estimate of drug-likeness (QED) is 0.409. The van der Waals surface area contributed by atoms with Crippen molar-refractivity contribution in [3.63, 3.8) is 0 Å². The van der Waals surface area contributed by atoms with Crippen LogP contribution in [0.4, 0.5) is 4.39 Å². The Labute approximate surface area is 237 Å². The summed E-state index contributed by atoms with van der Waals surface area (Å²) < 4.78 is 21.2. The number of halogens is 1. The Bertz CT molecular complexity index is 1380. The molecular weight excluding hydrogens is 533 g/mol. The first-order chi connectivity index (χ1) is 19.0. The Morgan fingerprint density at radius 1 is 1.25 bits per heavy atom. The van der Waals surface area contributed by atoms with Gasteiger partial charge in [-0.15, -0.1) is 0 Å². The van der Waals surface area contributed by atoms with Crippen LogP contribution in [0.2, 0.25) is 0 Å². The number of ether oxygens (including phenoxy) is 1. The number of aromatic nitrogens is 3. The number of allylic oxidation sites excluding steroid dienone is 1. The summed E-state index contributed by atoms with van der Waals surface area (Å²) in [6.07, 6.45) is 8.86. The summed E-state index contributed by atoms with van der Waals surface area (Å²) in [5.41, 5.74) is 1.73. The molecule has 0 aromatic carbocycles. The SMILES string of the molecule is CC(=O)O[C@]1(C(=O)SCCO)CC[C@H]2[C@@H]3CCC4=Cc5c(cnn5-c5ccc(F)nc5)C[C@]4(C)[C@H]3[C@@H](O)C[C@@]21C.